The number of nitrogens with zero attached hydrogens (tertiary/aromatic N) is 1. The van der Waals surface area contributed by atoms with Gasteiger partial charge in [-0.1, -0.05) is 25.3 Å². The minimum absolute atomic E-state index is 0.362. The van der Waals surface area contributed by atoms with Crippen molar-refractivity contribution in [2.75, 3.05) is 0 Å². The first-order valence-electron chi connectivity index (χ1n) is 4.20. The fourth-order valence-corrected chi connectivity index (χ4v) is 0.986. The summed E-state index contributed by atoms with van der Waals surface area (Å²) in [7, 11) is 0. The van der Waals surface area contributed by atoms with Crippen molar-refractivity contribution in [2.45, 2.75) is 6.92 Å². The molecule has 0 aliphatic rings. The van der Waals surface area contributed by atoms with Gasteiger partial charge < -0.3 is 4.98 Å². The van der Waals surface area contributed by atoms with E-state index < -0.39 is 0 Å². The molecule has 3 heteroatoms. The number of H-pyrrole nitrogens is 1. The third-order valence-electron chi connectivity index (χ3n) is 1.79. The molecule has 0 saturated heterocycles. The highest BCUT2D eigenvalue weighted by Gasteiger charge is 1.97. The second-order valence-corrected chi connectivity index (χ2v) is 2.85. The third-order valence-corrected chi connectivity index (χ3v) is 1.79. The Labute approximate surface area is 82.5 Å². The second kappa shape index (κ2) is 4.37. The number of aromatic nitrogens is 2. The van der Waals surface area contributed by atoms with Gasteiger partial charge in [-0.2, -0.15) is 0 Å². The van der Waals surface area contributed by atoms with Gasteiger partial charge in [0.2, 0.25) is 0 Å². The van der Waals surface area contributed by atoms with E-state index in [-0.39, 0.29) is 5.69 Å². The number of allylic oxidation sites excluding steroid dienone is 2. The van der Waals surface area contributed by atoms with Gasteiger partial charge in [-0.05, 0) is 18.6 Å². The molecule has 0 bridgehead atoms. The molecule has 1 N–H and O–H groups in total. The zero-order chi connectivity index (χ0) is 10.6. The van der Waals surface area contributed by atoms with Crippen molar-refractivity contribution in [3.8, 4) is 0 Å². The monoisotopic (exact) mass is 188 g/mol. The van der Waals surface area contributed by atoms with E-state index in [4.69, 9.17) is 0 Å². The summed E-state index contributed by atoms with van der Waals surface area (Å²) >= 11 is 0. The molecule has 0 aromatic carbocycles. The molecule has 3 nitrogen and oxygen atoms in total. The molecule has 1 aromatic heterocycles. The lowest BCUT2D eigenvalue weighted by Gasteiger charge is -1.99. The van der Waals surface area contributed by atoms with Crippen LogP contribution in [0, 0.1) is 0 Å². The first-order chi connectivity index (χ1) is 6.67. The lowest BCUT2D eigenvalue weighted by atomic mass is 10.1. The molecule has 1 heterocycles. The summed E-state index contributed by atoms with van der Waals surface area (Å²) in [5.74, 6) is 0. The maximum Gasteiger partial charge on any atom is 0.345 e. The Morgan fingerprint density at radius 2 is 2.29 bits per heavy atom. The van der Waals surface area contributed by atoms with Crippen LogP contribution in [-0.2, 0) is 0 Å². The Balaban J connectivity index is 3.30. The summed E-state index contributed by atoms with van der Waals surface area (Å²) in [4.78, 5) is 17.2. The van der Waals surface area contributed by atoms with E-state index in [2.05, 4.69) is 23.1 Å². The summed E-state index contributed by atoms with van der Waals surface area (Å²) in [5, 5.41) is 0. The second-order valence-electron chi connectivity index (χ2n) is 2.85. The molecule has 1 aromatic rings. The number of aromatic amines is 1. The molecule has 0 fully saturated rings. The highest BCUT2D eigenvalue weighted by Crippen LogP contribution is 2.09. The molecule has 0 aliphatic heterocycles. The average Bonchev–Trinajstić information content (AvgIpc) is 2.18. The summed E-state index contributed by atoms with van der Waals surface area (Å²) in [6, 6.07) is 0. The molecular formula is C11H12N2O. The van der Waals surface area contributed by atoms with Crippen LogP contribution in [0.4, 0.5) is 0 Å². The van der Waals surface area contributed by atoms with Gasteiger partial charge in [0.05, 0.1) is 5.69 Å². The fourth-order valence-electron chi connectivity index (χ4n) is 0.986. The minimum atomic E-state index is -0.362. The van der Waals surface area contributed by atoms with Crippen molar-refractivity contribution in [1.82, 2.24) is 9.97 Å². The van der Waals surface area contributed by atoms with E-state index in [1.165, 1.54) is 6.20 Å². The Morgan fingerprint density at radius 3 is 2.86 bits per heavy atom. The van der Waals surface area contributed by atoms with Crippen molar-refractivity contribution in [1.29, 1.82) is 0 Å². The molecule has 0 saturated carbocycles. The quantitative estimate of drug-likeness (QED) is 0.737. The summed E-state index contributed by atoms with van der Waals surface area (Å²) in [5.41, 5.74) is 2.11. The highest BCUT2D eigenvalue weighted by molar-refractivity contribution is 5.62. The predicted octanol–water partition coefficient (Wildman–Crippen LogP) is 2.00. The molecule has 14 heavy (non-hydrogen) atoms. The van der Waals surface area contributed by atoms with E-state index in [0.717, 1.165) is 11.1 Å². The lowest BCUT2D eigenvalue weighted by molar-refractivity contribution is 1.05. The van der Waals surface area contributed by atoms with Gasteiger partial charge >= 0.3 is 5.69 Å². The molecule has 0 aliphatic carbocycles. The van der Waals surface area contributed by atoms with Crippen LogP contribution in [0.15, 0.2) is 35.8 Å². The molecule has 0 spiro atoms. The van der Waals surface area contributed by atoms with Crippen LogP contribution >= 0.6 is 0 Å². The average molecular weight is 188 g/mol. The maximum absolute atomic E-state index is 11.0. The van der Waals surface area contributed by atoms with E-state index in [0.29, 0.717) is 5.69 Å². The molecular weight excluding hydrogens is 176 g/mol. The topological polar surface area (TPSA) is 45.8 Å². The van der Waals surface area contributed by atoms with Crippen LogP contribution in [0.3, 0.4) is 0 Å². The third kappa shape index (κ3) is 2.29. The molecule has 0 amide bonds. The van der Waals surface area contributed by atoms with Gasteiger partial charge in [-0.15, -0.1) is 0 Å². The zero-order valence-corrected chi connectivity index (χ0v) is 8.08. The maximum atomic E-state index is 11.0. The fraction of sp³-hybridized carbons (Fsp3) is 0.0909. The van der Waals surface area contributed by atoms with Crippen LogP contribution in [0.2, 0.25) is 0 Å². The van der Waals surface area contributed by atoms with Gasteiger partial charge in [-0.3, -0.25) is 0 Å². The Hall–Kier alpha value is -1.90. The minimum Gasteiger partial charge on any atom is -0.305 e. The van der Waals surface area contributed by atoms with Gasteiger partial charge in [0.1, 0.15) is 0 Å². The first kappa shape index (κ1) is 10.2. The number of rotatable bonds is 3. The van der Waals surface area contributed by atoms with E-state index in [1.54, 1.807) is 12.2 Å². The van der Waals surface area contributed by atoms with Crippen LogP contribution in [0.25, 0.3) is 12.2 Å². The largest absolute Gasteiger partial charge is 0.345 e. The van der Waals surface area contributed by atoms with Gasteiger partial charge in [0, 0.05) is 11.8 Å². The SMILES string of the molecule is C=C/C(C)=C\c1[nH]c(=O)ncc1C=C. The molecule has 0 radical (unpaired) electrons. The normalized spacial score (nSPS) is 11.1. The summed E-state index contributed by atoms with van der Waals surface area (Å²) in [6.07, 6.45) is 6.68. The molecule has 72 valence electrons. The van der Waals surface area contributed by atoms with E-state index in [1.807, 2.05) is 13.0 Å². The Bertz CT molecular complexity index is 441. The number of hydrogen-bond donors (Lipinski definition) is 1. The first-order valence-corrected chi connectivity index (χ1v) is 4.20. The molecule has 0 atom stereocenters. The van der Waals surface area contributed by atoms with E-state index >= 15 is 0 Å². The summed E-state index contributed by atoms with van der Waals surface area (Å²) < 4.78 is 0. The highest BCUT2D eigenvalue weighted by atomic mass is 16.1. The van der Waals surface area contributed by atoms with Crippen molar-refractivity contribution in [2.24, 2.45) is 0 Å². The Morgan fingerprint density at radius 1 is 1.57 bits per heavy atom. The van der Waals surface area contributed by atoms with Gasteiger partial charge in [0.25, 0.3) is 0 Å². The standard InChI is InChI=1S/C11H12N2O/c1-4-8(3)6-10-9(5-2)7-12-11(14)13-10/h4-7H,1-2H2,3H3,(H,12,13,14)/b8-6-. The van der Waals surface area contributed by atoms with Crippen molar-refractivity contribution in [3.63, 3.8) is 0 Å². The van der Waals surface area contributed by atoms with Crippen LogP contribution < -0.4 is 5.69 Å². The summed E-state index contributed by atoms with van der Waals surface area (Å²) in [6.45, 7) is 9.17. The lowest BCUT2D eigenvalue weighted by Crippen LogP contribution is -2.11. The van der Waals surface area contributed by atoms with Gasteiger partial charge in [0.15, 0.2) is 0 Å². The van der Waals surface area contributed by atoms with Crippen LogP contribution in [0.5, 0.6) is 0 Å². The predicted molar refractivity (Wildman–Crippen MR) is 58.8 cm³/mol. The van der Waals surface area contributed by atoms with Gasteiger partial charge in [-0.25, -0.2) is 9.78 Å². The molecule has 1 rings (SSSR count). The Kier molecular flexibility index (Phi) is 3.18. The van der Waals surface area contributed by atoms with Crippen LogP contribution in [-0.4, -0.2) is 9.97 Å². The molecule has 0 unspecified atom stereocenters. The van der Waals surface area contributed by atoms with Crippen molar-refractivity contribution >= 4 is 12.2 Å². The zero-order valence-electron chi connectivity index (χ0n) is 8.08. The van der Waals surface area contributed by atoms with Crippen LogP contribution in [0.1, 0.15) is 18.2 Å². The van der Waals surface area contributed by atoms with Crippen molar-refractivity contribution < 1.29 is 0 Å². The van der Waals surface area contributed by atoms with Crippen molar-refractivity contribution in [3.05, 3.63) is 52.7 Å². The number of nitrogens with one attached hydrogen (secondary N) is 1. The van der Waals surface area contributed by atoms with E-state index in [9.17, 15) is 4.79 Å². The smallest absolute Gasteiger partial charge is 0.305 e. The number of hydrogen-bond acceptors (Lipinski definition) is 2.